The van der Waals surface area contributed by atoms with Crippen molar-refractivity contribution in [2.75, 3.05) is 0 Å². The van der Waals surface area contributed by atoms with Crippen molar-refractivity contribution in [2.45, 2.75) is 80.1 Å². The number of aryl methyl sites for hydroxylation is 3. The molecule has 3 aromatic carbocycles. The Morgan fingerprint density at radius 3 is 1.23 bits per heavy atom. The summed E-state index contributed by atoms with van der Waals surface area (Å²) < 4.78 is 91.6. The van der Waals surface area contributed by atoms with Crippen molar-refractivity contribution >= 4 is 58.1 Å². The predicted molar refractivity (Wildman–Crippen MR) is 179 cm³/mol. The summed E-state index contributed by atoms with van der Waals surface area (Å²) in [5.41, 5.74) is 5.00. The van der Waals surface area contributed by atoms with Gasteiger partial charge in [0.2, 0.25) is 0 Å². The number of rotatable bonds is 13. The molecule has 0 atom stereocenters. The first kappa shape index (κ1) is 37.0. The second-order valence-corrected chi connectivity index (χ2v) is 27.3. The van der Waals surface area contributed by atoms with Crippen LogP contribution in [0.25, 0.3) is 0 Å². The van der Waals surface area contributed by atoms with Gasteiger partial charge in [0.25, 0.3) is 0 Å². The number of hydrogen-bond acceptors (Lipinski definition) is 12. The van der Waals surface area contributed by atoms with Crippen LogP contribution in [0.5, 0.6) is 17.2 Å². The van der Waals surface area contributed by atoms with Crippen molar-refractivity contribution in [1.29, 1.82) is 0 Å². The van der Waals surface area contributed by atoms with Crippen molar-refractivity contribution < 1.29 is 47.2 Å². The Morgan fingerprint density at radius 1 is 0.574 bits per heavy atom. The summed E-state index contributed by atoms with van der Waals surface area (Å²) >= 11 is -7.91. The van der Waals surface area contributed by atoms with E-state index in [2.05, 4.69) is 0 Å². The molecule has 0 bridgehead atoms. The summed E-state index contributed by atoms with van der Waals surface area (Å²) in [6.45, 7) is 17.4. The molecule has 17 heteroatoms. The van der Waals surface area contributed by atoms with Gasteiger partial charge in [0, 0.05) is 0 Å². The maximum absolute atomic E-state index is 14.2. The Balaban J connectivity index is 1.32. The average Bonchev–Trinajstić information content (AvgIpc) is 2.90. The maximum atomic E-state index is 14.2. The second-order valence-electron chi connectivity index (χ2n) is 12.4. The fourth-order valence-corrected chi connectivity index (χ4v) is 22.9. The molecule has 2 saturated heterocycles. The van der Waals surface area contributed by atoms with E-state index in [0.717, 1.165) is 33.4 Å². The van der Waals surface area contributed by atoms with Gasteiger partial charge in [-0.05, 0) is 0 Å². The van der Waals surface area contributed by atoms with Gasteiger partial charge in [0.1, 0.15) is 0 Å². The van der Waals surface area contributed by atoms with Gasteiger partial charge in [-0.15, -0.1) is 0 Å². The Bertz CT molecular complexity index is 1670. The van der Waals surface area contributed by atoms with Gasteiger partial charge >= 0.3 is 291 Å². The summed E-state index contributed by atoms with van der Waals surface area (Å²) in [4.78, 5) is 0. The van der Waals surface area contributed by atoms with Gasteiger partial charge in [-0.3, -0.25) is 0 Å². The third-order valence-corrected chi connectivity index (χ3v) is 27.4. The van der Waals surface area contributed by atoms with Crippen LogP contribution in [-0.4, -0.2) is 34.6 Å². The molecule has 0 unspecified atom stereocenters. The Hall–Kier alpha value is -1.22. The molecular weight excluding hydrogens is 785 g/mol. The quantitative estimate of drug-likeness (QED) is 0.120. The van der Waals surface area contributed by atoms with E-state index in [1.54, 1.807) is 18.2 Å². The van der Waals surface area contributed by atoms with E-state index in [-0.39, 0.29) is 23.5 Å². The summed E-state index contributed by atoms with van der Waals surface area (Å²) in [5, 5.41) is 0. The van der Waals surface area contributed by atoms with Gasteiger partial charge in [-0.2, -0.15) is 0 Å². The zero-order valence-corrected chi connectivity index (χ0v) is 35.4. The van der Waals surface area contributed by atoms with Gasteiger partial charge < -0.3 is 0 Å². The molecule has 0 aliphatic carbocycles. The second kappa shape index (κ2) is 14.6. The predicted octanol–water partition coefficient (Wildman–Crippen LogP) is 9.94. The van der Waals surface area contributed by atoms with Crippen LogP contribution in [0.2, 0.25) is 0 Å². The first-order chi connectivity index (χ1) is 22.0. The third-order valence-electron chi connectivity index (χ3n) is 7.29. The van der Waals surface area contributed by atoms with Crippen molar-refractivity contribution in [3.8, 4) is 17.2 Å². The van der Waals surface area contributed by atoms with E-state index in [4.69, 9.17) is 33.5 Å². The van der Waals surface area contributed by atoms with E-state index in [0.29, 0.717) is 11.5 Å². The summed E-state index contributed by atoms with van der Waals surface area (Å²) in [6, 6.07) is 16.5. The molecule has 0 aromatic heterocycles. The van der Waals surface area contributed by atoms with E-state index in [1.165, 1.54) is 0 Å². The van der Waals surface area contributed by atoms with Crippen molar-refractivity contribution in [2.24, 2.45) is 0 Å². The third kappa shape index (κ3) is 9.12. The molecule has 3 aromatic rings. The topological polar surface area (TPSA) is 134 Å². The molecule has 0 spiro atoms. The van der Waals surface area contributed by atoms with Crippen LogP contribution in [-0.2, 0) is 33.6 Å². The fraction of sp³-hybridized carbons (Fsp3) is 0.400. The van der Waals surface area contributed by atoms with Crippen molar-refractivity contribution in [3.05, 3.63) is 88.0 Å². The van der Waals surface area contributed by atoms with Crippen LogP contribution >= 0.6 is 23.5 Å². The Morgan fingerprint density at radius 2 is 0.894 bits per heavy atom. The standard InChI is InChI=1S/3C10H15O4P.2Ga/c3*1-7(2)9-5-4-8(3)6-10(9)14-15(11,12)13;;/h3*4-7H,1-3H3,(H2,11,12,13);;/q;;;2*+3/p-6. The van der Waals surface area contributed by atoms with Gasteiger partial charge in [0.15, 0.2) is 0 Å². The van der Waals surface area contributed by atoms with Crippen LogP contribution in [0.3, 0.4) is 0 Å². The molecule has 0 N–H and O–H groups in total. The van der Waals surface area contributed by atoms with Crippen LogP contribution in [0.1, 0.15) is 92.7 Å². The van der Waals surface area contributed by atoms with E-state index in [1.807, 2.05) is 98.7 Å². The summed E-state index contributed by atoms with van der Waals surface area (Å²) in [6.07, 6.45) is 0. The Kier molecular flexibility index (Phi) is 11.5. The molecule has 2 heterocycles. The minimum absolute atomic E-state index is 0.00860. The molecule has 0 amide bonds. The van der Waals surface area contributed by atoms with Crippen molar-refractivity contribution in [1.82, 2.24) is 0 Å². The normalized spacial score (nSPS) is 17.1. The van der Waals surface area contributed by atoms with Gasteiger partial charge in [-0.25, -0.2) is 0 Å². The molecule has 5 rings (SSSR count). The SMILES string of the molecule is Cc1ccc(C(C)C)c(OP2(=O)[O][Ga]([O]P(=O)(Oc3cc(C)ccc3C(C)C)[O][Ga]3[O]P(=O)(Oc4cc(C)ccc4C(C)C)[O]3)[O]2)c1. The minimum atomic E-state index is -4.60. The van der Waals surface area contributed by atoms with Crippen LogP contribution in [0.4, 0.5) is 0 Å². The van der Waals surface area contributed by atoms with Gasteiger partial charge in [-0.1, -0.05) is 0 Å². The summed E-state index contributed by atoms with van der Waals surface area (Å²) in [7, 11) is -12.7. The first-order valence-corrected chi connectivity index (χ1v) is 25.6. The molecule has 2 aliphatic heterocycles. The molecule has 2 aliphatic rings. The van der Waals surface area contributed by atoms with E-state index in [9.17, 15) is 13.7 Å². The van der Waals surface area contributed by atoms with Crippen LogP contribution in [0, 0.1) is 20.8 Å². The van der Waals surface area contributed by atoms with E-state index >= 15 is 0 Å². The zero-order chi connectivity index (χ0) is 34.3. The Labute approximate surface area is 289 Å². The number of benzene rings is 3. The fourth-order valence-electron chi connectivity index (χ4n) is 4.83. The number of phosphoric acid groups is 3. The van der Waals surface area contributed by atoms with E-state index < -0.39 is 58.1 Å². The molecule has 0 radical (unpaired) electrons. The average molecular weight is 824 g/mol. The molecule has 0 saturated carbocycles. The van der Waals surface area contributed by atoms with Crippen LogP contribution < -0.4 is 13.6 Å². The zero-order valence-electron chi connectivity index (χ0n) is 27.8. The monoisotopic (exact) mass is 822 g/mol. The molecule has 2 fully saturated rings. The van der Waals surface area contributed by atoms with Gasteiger partial charge in [0.05, 0.1) is 0 Å². The molecule has 47 heavy (non-hydrogen) atoms. The van der Waals surface area contributed by atoms with Crippen molar-refractivity contribution in [3.63, 3.8) is 0 Å². The molecule has 12 nitrogen and oxygen atoms in total. The molecular formula is C30H39Ga2O12P3. The van der Waals surface area contributed by atoms with Crippen LogP contribution in [0.15, 0.2) is 54.6 Å². The summed E-state index contributed by atoms with van der Waals surface area (Å²) in [5.74, 6) is 1.11. The number of hydrogen-bond donors (Lipinski definition) is 0. The molecule has 252 valence electrons. The first-order valence-electron chi connectivity index (χ1n) is 15.3.